The Kier molecular flexibility index (Phi) is 41.0. The number of ether oxygens (including phenoxy) is 6. The lowest BCUT2D eigenvalue weighted by atomic mass is 9.96. The van der Waals surface area contributed by atoms with Gasteiger partial charge in [-0.05, 0) is 57.8 Å². The number of unbranched alkanes of at least 4 members (excludes halogenated alkanes) is 27. The molecule has 17 unspecified atom stereocenters. The summed E-state index contributed by atoms with van der Waals surface area (Å²) < 4.78 is 34.2. The summed E-state index contributed by atoms with van der Waals surface area (Å²) in [6.45, 7) is 1.69. The molecule has 0 aromatic heterocycles. The first-order chi connectivity index (χ1) is 39.3. The molecule has 81 heavy (non-hydrogen) atoms. The summed E-state index contributed by atoms with van der Waals surface area (Å²) in [5.74, 6) is -0.294. The lowest BCUT2D eigenvalue weighted by molar-refractivity contribution is -0.379. The second-order valence-corrected chi connectivity index (χ2v) is 22.9. The number of aliphatic hydroxyl groups is 11. The Hall–Kier alpha value is -1.99. The summed E-state index contributed by atoms with van der Waals surface area (Å²) in [4.78, 5) is 13.3. The van der Waals surface area contributed by atoms with Crippen molar-refractivity contribution in [3.8, 4) is 0 Å². The van der Waals surface area contributed by atoms with Crippen LogP contribution in [0.5, 0.6) is 0 Å². The number of nitrogens with one attached hydrogen (secondary N) is 1. The first-order valence-corrected chi connectivity index (χ1v) is 31.7. The van der Waals surface area contributed by atoms with E-state index in [2.05, 4.69) is 43.5 Å². The van der Waals surface area contributed by atoms with E-state index >= 15 is 0 Å². The van der Waals surface area contributed by atoms with Gasteiger partial charge in [0.25, 0.3) is 0 Å². The van der Waals surface area contributed by atoms with Gasteiger partial charge < -0.3 is 89.9 Å². The number of carbonyl (C=O) groups excluding carboxylic acids is 1. The van der Waals surface area contributed by atoms with Crippen LogP contribution in [0.3, 0.4) is 0 Å². The van der Waals surface area contributed by atoms with Crippen LogP contribution in [-0.4, -0.2) is 193 Å². The molecule has 3 fully saturated rings. The molecule has 19 nitrogen and oxygen atoms in total. The second kappa shape index (κ2) is 45.3. The maximum absolute atomic E-state index is 13.3. The Morgan fingerprint density at radius 2 is 0.790 bits per heavy atom. The summed E-state index contributed by atoms with van der Waals surface area (Å²) in [5, 5.41) is 120. The van der Waals surface area contributed by atoms with E-state index in [1.54, 1.807) is 6.08 Å². The molecule has 12 N–H and O–H groups in total. The molecule has 0 bridgehead atoms. The van der Waals surface area contributed by atoms with Crippen LogP contribution >= 0.6 is 0 Å². The van der Waals surface area contributed by atoms with Gasteiger partial charge in [0.15, 0.2) is 18.9 Å². The summed E-state index contributed by atoms with van der Waals surface area (Å²) in [5.41, 5.74) is 0. The Labute approximate surface area is 485 Å². The molecular formula is C62H113NO18. The van der Waals surface area contributed by atoms with E-state index in [1.807, 2.05) is 6.08 Å². The van der Waals surface area contributed by atoms with Gasteiger partial charge in [-0.1, -0.05) is 192 Å². The van der Waals surface area contributed by atoms with Crippen LogP contribution in [0.1, 0.15) is 219 Å². The molecule has 17 atom stereocenters. The van der Waals surface area contributed by atoms with Crippen molar-refractivity contribution in [1.82, 2.24) is 5.32 Å². The normalized spacial score (nSPS) is 30.0. The molecule has 3 heterocycles. The molecule has 1 amide bonds. The van der Waals surface area contributed by atoms with Gasteiger partial charge in [0.05, 0.1) is 38.6 Å². The fraction of sp³-hybridized carbons (Fsp3) is 0.887. The van der Waals surface area contributed by atoms with Crippen LogP contribution in [0.2, 0.25) is 0 Å². The highest BCUT2D eigenvalue weighted by Gasteiger charge is 2.53. The van der Waals surface area contributed by atoms with Crippen LogP contribution in [0.25, 0.3) is 0 Å². The van der Waals surface area contributed by atoms with Crippen molar-refractivity contribution in [1.29, 1.82) is 0 Å². The van der Waals surface area contributed by atoms with Gasteiger partial charge in [-0.2, -0.15) is 0 Å². The Morgan fingerprint density at radius 1 is 0.432 bits per heavy atom. The molecule has 0 saturated carbocycles. The van der Waals surface area contributed by atoms with Crippen molar-refractivity contribution >= 4 is 5.91 Å². The van der Waals surface area contributed by atoms with Gasteiger partial charge in [-0.25, -0.2) is 0 Å². The second-order valence-electron chi connectivity index (χ2n) is 22.9. The highest BCUT2D eigenvalue weighted by molar-refractivity contribution is 5.76. The lowest BCUT2D eigenvalue weighted by Gasteiger charge is -2.48. The summed E-state index contributed by atoms with van der Waals surface area (Å²) in [7, 11) is 0. The van der Waals surface area contributed by atoms with Gasteiger partial charge in [0.2, 0.25) is 5.91 Å². The van der Waals surface area contributed by atoms with E-state index in [9.17, 15) is 61.0 Å². The third-order valence-corrected chi connectivity index (χ3v) is 15.9. The maximum Gasteiger partial charge on any atom is 0.220 e. The molecule has 0 aromatic carbocycles. The van der Waals surface area contributed by atoms with E-state index in [0.717, 1.165) is 57.8 Å². The molecule has 0 aliphatic carbocycles. The van der Waals surface area contributed by atoms with Gasteiger partial charge in [0.1, 0.15) is 73.2 Å². The third kappa shape index (κ3) is 28.8. The van der Waals surface area contributed by atoms with Crippen LogP contribution < -0.4 is 5.32 Å². The number of aliphatic hydroxyl groups excluding tert-OH is 11. The van der Waals surface area contributed by atoms with E-state index in [0.29, 0.717) is 12.8 Å². The molecule has 0 radical (unpaired) electrons. The number of amides is 1. The molecule has 3 aliphatic heterocycles. The van der Waals surface area contributed by atoms with E-state index < -0.39 is 124 Å². The van der Waals surface area contributed by atoms with Crippen LogP contribution in [-0.2, 0) is 33.2 Å². The predicted octanol–water partition coefficient (Wildman–Crippen LogP) is 6.49. The fourth-order valence-electron chi connectivity index (χ4n) is 10.7. The lowest BCUT2D eigenvalue weighted by Crippen LogP contribution is -2.66. The van der Waals surface area contributed by atoms with Crippen molar-refractivity contribution in [3.05, 3.63) is 36.5 Å². The van der Waals surface area contributed by atoms with Gasteiger partial charge in [-0.3, -0.25) is 4.79 Å². The van der Waals surface area contributed by atoms with E-state index in [1.165, 1.54) is 128 Å². The van der Waals surface area contributed by atoms with Crippen molar-refractivity contribution in [2.45, 2.75) is 324 Å². The summed E-state index contributed by atoms with van der Waals surface area (Å²) >= 11 is 0. The van der Waals surface area contributed by atoms with E-state index in [-0.39, 0.29) is 18.9 Å². The van der Waals surface area contributed by atoms with Crippen molar-refractivity contribution in [3.63, 3.8) is 0 Å². The highest BCUT2D eigenvalue weighted by atomic mass is 16.8. The number of allylic oxidation sites excluding steroid dienone is 5. The zero-order chi connectivity index (χ0) is 59.0. The highest BCUT2D eigenvalue weighted by Crippen LogP contribution is 2.33. The fourth-order valence-corrected chi connectivity index (χ4v) is 10.7. The number of hydrogen-bond donors (Lipinski definition) is 12. The van der Waals surface area contributed by atoms with E-state index in [4.69, 9.17) is 28.4 Å². The van der Waals surface area contributed by atoms with Crippen LogP contribution in [0, 0.1) is 0 Å². The van der Waals surface area contributed by atoms with Gasteiger partial charge in [-0.15, -0.1) is 0 Å². The Balaban J connectivity index is 1.49. The zero-order valence-electron chi connectivity index (χ0n) is 49.5. The first kappa shape index (κ1) is 73.3. The SMILES string of the molecule is CCCCCCC/C=C\CCCCCCCC(=O)NC(COC1OC(CO)C(OC2OC(CO)C(OC3OC(CO)C(O)C(O)C3O)C(O)C2O)C(O)C1O)C(O)/C=C/CC/C=C/CCCCCCCCCCCCCCCCCC. The predicted molar refractivity (Wildman–Crippen MR) is 309 cm³/mol. The molecule has 3 rings (SSSR count). The molecule has 474 valence electrons. The molecule has 3 saturated heterocycles. The average molecular weight is 1160 g/mol. The minimum absolute atomic E-state index is 0.226. The zero-order valence-corrected chi connectivity index (χ0v) is 49.5. The Morgan fingerprint density at radius 3 is 1.23 bits per heavy atom. The Bertz CT molecular complexity index is 1620. The summed E-state index contributed by atoms with van der Waals surface area (Å²) in [6.07, 6.45) is 22.7. The maximum atomic E-state index is 13.3. The minimum Gasteiger partial charge on any atom is -0.394 e. The monoisotopic (exact) mass is 1160 g/mol. The summed E-state index contributed by atoms with van der Waals surface area (Å²) in [6, 6.07) is -0.993. The number of rotatable bonds is 47. The standard InChI is InChI=1S/C62H113NO18/c1-3-5-7-9-11-13-15-17-19-20-21-22-23-24-25-26-27-29-31-33-35-37-39-46(67)45(63-50(68)40-38-36-34-32-30-28-18-16-14-12-10-8-6-4-2)44-76-60-56(74)53(71)58(48(42-65)78-60)81-62-57(75)54(72)59(49(43-66)79-62)80-61-55(73)52(70)51(69)47(41-64)77-61/h16,18,29,31,37,39,45-49,51-62,64-67,69-75H,3-15,17,19-28,30,32-36,38,40-44H2,1-2H3,(H,63,68)/b18-16-,31-29+,39-37+. The first-order valence-electron chi connectivity index (χ1n) is 31.7. The van der Waals surface area contributed by atoms with Gasteiger partial charge in [0, 0.05) is 6.42 Å². The van der Waals surface area contributed by atoms with Crippen molar-refractivity contribution in [2.24, 2.45) is 0 Å². The van der Waals surface area contributed by atoms with Gasteiger partial charge >= 0.3 is 0 Å². The van der Waals surface area contributed by atoms with Crippen LogP contribution in [0.4, 0.5) is 0 Å². The minimum atomic E-state index is -1.98. The molecule has 0 aromatic rings. The van der Waals surface area contributed by atoms with Crippen molar-refractivity contribution in [2.75, 3.05) is 26.4 Å². The molecule has 0 spiro atoms. The number of carbonyl (C=O) groups is 1. The topological polar surface area (TPSA) is 307 Å². The smallest absolute Gasteiger partial charge is 0.220 e. The molecule has 3 aliphatic rings. The number of hydrogen-bond acceptors (Lipinski definition) is 18. The largest absolute Gasteiger partial charge is 0.394 e. The van der Waals surface area contributed by atoms with Crippen LogP contribution in [0.15, 0.2) is 36.5 Å². The quantitative estimate of drug-likeness (QED) is 0.0229. The molecule has 19 heteroatoms. The molecular weight excluding hydrogens is 1050 g/mol. The third-order valence-electron chi connectivity index (χ3n) is 15.9. The van der Waals surface area contributed by atoms with Crippen molar-refractivity contribution < 1.29 is 89.4 Å². The average Bonchev–Trinajstić information content (AvgIpc) is 3.48.